The maximum Gasteiger partial charge on any atom is 0.271 e. The van der Waals surface area contributed by atoms with E-state index in [-0.39, 0.29) is 17.2 Å². The van der Waals surface area contributed by atoms with Crippen LogP contribution in [-0.4, -0.2) is 60.0 Å². The fraction of sp³-hybridized carbons (Fsp3) is 0.412. The average molecular weight is 350 g/mol. The van der Waals surface area contributed by atoms with Crippen LogP contribution in [0.25, 0.3) is 11.3 Å². The number of nitrogens with zero attached hydrogens (tertiary/aromatic N) is 3. The molecule has 1 saturated heterocycles. The van der Waals surface area contributed by atoms with Crippen LogP contribution in [0.3, 0.4) is 0 Å². The molecule has 134 valence electrons. The predicted molar refractivity (Wildman–Crippen MR) is 88.2 cm³/mol. The van der Waals surface area contributed by atoms with Gasteiger partial charge in [-0.1, -0.05) is 0 Å². The van der Waals surface area contributed by atoms with Gasteiger partial charge in [0.15, 0.2) is 5.69 Å². The third-order valence-corrected chi connectivity index (χ3v) is 4.13. The number of aromatic nitrogens is 2. The van der Waals surface area contributed by atoms with Crippen molar-refractivity contribution in [2.45, 2.75) is 0 Å². The molecule has 1 aliphatic heterocycles. The number of rotatable bonds is 5. The summed E-state index contributed by atoms with van der Waals surface area (Å²) in [4.78, 5) is 14.4. The second-order valence-corrected chi connectivity index (χ2v) is 5.87. The van der Waals surface area contributed by atoms with Crippen LogP contribution in [0.1, 0.15) is 10.5 Å². The molecule has 0 radical (unpaired) electrons. The maximum absolute atomic E-state index is 13.9. The minimum Gasteiger partial charge on any atom is -0.379 e. The smallest absolute Gasteiger partial charge is 0.271 e. The highest BCUT2D eigenvalue weighted by Crippen LogP contribution is 2.24. The Kier molecular flexibility index (Phi) is 5.40. The number of amides is 1. The first-order chi connectivity index (χ1) is 12.0. The molecule has 2 heterocycles. The highest BCUT2D eigenvalue weighted by molar-refractivity contribution is 5.93. The lowest BCUT2D eigenvalue weighted by Gasteiger charge is -2.26. The number of aryl methyl sites for hydroxylation is 1. The molecule has 0 aliphatic carbocycles. The number of hydrogen-bond donors (Lipinski definition) is 1. The Bertz CT molecular complexity index is 757. The van der Waals surface area contributed by atoms with E-state index >= 15 is 0 Å². The average Bonchev–Trinajstić information content (AvgIpc) is 3.00. The molecule has 8 heteroatoms. The zero-order chi connectivity index (χ0) is 17.8. The van der Waals surface area contributed by atoms with Gasteiger partial charge in [0.2, 0.25) is 0 Å². The van der Waals surface area contributed by atoms with Gasteiger partial charge in [0, 0.05) is 38.8 Å². The van der Waals surface area contributed by atoms with Gasteiger partial charge in [-0.15, -0.1) is 0 Å². The monoisotopic (exact) mass is 350 g/mol. The highest BCUT2D eigenvalue weighted by atomic mass is 19.1. The SMILES string of the molecule is Cn1nc(C(=O)NCCN2CCOCC2)cc1-c1cc(F)ccc1F. The lowest BCUT2D eigenvalue weighted by molar-refractivity contribution is 0.0383. The van der Waals surface area contributed by atoms with Gasteiger partial charge in [0.05, 0.1) is 18.9 Å². The van der Waals surface area contributed by atoms with Gasteiger partial charge in [-0.25, -0.2) is 8.78 Å². The van der Waals surface area contributed by atoms with E-state index < -0.39 is 11.6 Å². The molecule has 0 saturated carbocycles. The fourth-order valence-electron chi connectivity index (χ4n) is 2.77. The summed E-state index contributed by atoms with van der Waals surface area (Å²) in [6, 6.07) is 4.66. The molecule has 6 nitrogen and oxygen atoms in total. The number of hydrogen-bond acceptors (Lipinski definition) is 4. The summed E-state index contributed by atoms with van der Waals surface area (Å²) >= 11 is 0. The van der Waals surface area contributed by atoms with Crippen molar-refractivity contribution in [3.8, 4) is 11.3 Å². The molecule has 1 aromatic carbocycles. The van der Waals surface area contributed by atoms with Crippen molar-refractivity contribution < 1.29 is 18.3 Å². The largest absolute Gasteiger partial charge is 0.379 e. The van der Waals surface area contributed by atoms with Crippen LogP contribution in [0.2, 0.25) is 0 Å². The van der Waals surface area contributed by atoms with Crippen LogP contribution in [0.5, 0.6) is 0 Å². The molecule has 1 aliphatic rings. The maximum atomic E-state index is 13.9. The van der Waals surface area contributed by atoms with Gasteiger partial charge < -0.3 is 10.1 Å². The molecule has 1 N–H and O–H groups in total. The van der Waals surface area contributed by atoms with Gasteiger partial charge >= 0.3 is 0 Å². The molecule has 1 fully saturated rings. The third kappa shape index (κ3) is 4.21. The predicted octanol–water partition coefficient (Wildman–Crippen LogP) is 1.43. The number of morpholine rings is 1. The number of halogens is 2. The van der Waals surface area contributed by atoms with Gasteiger partial charge in [0.1, 0.15) is 11.6 Å². The molecule has 0 unspecified atom stereocenters. The van der Waals surface area contributed by atoms with Crippen molar-refractivity contribution in [1.82, 2.24) is 20.0 Å². The van der Waals surface area contributed by atoms with Crippen LogP contribution in [0, 0.1) is 11.6 Å². The lowest BCUT2D eigenvalue weighted by atomic mass is 10.1. The van der Waals surface area contributed by atoms with Crippen LogP contribution in [-0.2, 0) is 11.8 Å². The van der Waals surface area contributed by atoms with Crippen LogP contribution >= 0.6 is 0 Å². The minimum absolute atomic E-state index is 0.0716. The topological polar surface area (TPSA) is 59.4 Å². The summed E-state index contributed by atoms with van der Waals surface area (Å²) in [5.41, 5.74) is 0.584. The minimum atomic E-state index is -0.566. The molecule has 0 atom stereocenters. The Morgan fingerprint density at radius 1 is 1.28 bits per heavy atom. The quantitative estimate of drug-likeness (QED) is 0.886. The number of benzene rings is 1. The molecule has 1 amide bonds. The zero-order valence-electron chi connectivity index (χ0n) is 14.0. The van der Waals surface area contributed by atoms with Crippen LogP contribution < -0.4 is 5.32 Å². The highest BCUT2D eigenvalue weighted by Gasteiger charge is 2.17. The Labute approximate surface area is 144 Å². The Balaban J connectivity index is 1.65. The normalized spacial score (nSPS) is 15.3. The first-order valence-electron chi connectivity index (χ1n) is 8.12. The zero-order valence-corrected chi connectivity index (χ0v) is 14.0. The number of ether oxygens (including phenoxy) is 1. The third-order valence-electron chi connectivity index (χ3n) is 4.13. The van der Waals surface area contributed by atoms with E-state index in [1.807, 2.05) is 0 Å². The Morgan fingerprint density at radius 3 is 2.80 bits per heavy atom. The van der Waals surface area contributed by atoms with E-state index in [4.69, 9.17) is 4.74 Å². The summed E-state index contributed by atoms with van der Waals surface area (Å²) < 4.78 is 34.0. The first kappa shape index (κ1) is 17.5. The van der Waals surface area contributed by atoms with E-state index in [0.717, 1.165) is 37.8 Å². The van der Waals surface area contributed by atoms with E-state index in [9.17, 15) is 13.6 Å². The van der Waals surface area contributed by atoms with Gasteiger partial charge in [-0.05, 0) is 24.3 Å². The molecule has 3 rings (SSSR count). The van der Waals surface area contributed by atoms with E-state index in [2.05, 4.69) is 15.3 Å². The first-order valence-corrected chi connectivity index (χ1v) is 8.12. The van der Waals surface area contributed by atoms with Crippen molar-refractivity contribution in [3.05, 3.63) is 41.6 Å². The molecule has 0 bridgehead atoms. The van der Waals surface area contributed by atoms with Crippen LogP contribution in [0.4, 0.5) is 8.78 Å². The van der Waals surface area contributed by atoms with E-state index in [1.165, 1.54) is 10.7 Å². The van der Waals surface area contributed by atoms with Crippen molar-refractivity contribution >= 4 is 5.91 Å². The molecule has 2 aromatic rings. The van der Waals surface area contributed by atoms with Gasteiger partial charge in [-0.3, -0.25) is 14.4 Å². The van der Waals surface area contributed by atoms with Crippen molar-refractivity contribution in [2.75, 3.05) is 39.4 Å². The Hall–Kier alpha value is -2.32. The molecule has 25 heavy (non-hydrogen) atoms. The van der Waals surface area contributed by atoms with Crippen molar-refractivity contribution in [2.24, 2.45) is 7.05 Å². The van der Waals surface area contributed by atoms with Crippen molar-refractivity contribution in [3.63, 3.8) is 0 Å². The molecule has 1 aromatic heterocycles. The number of nitrogens with one attached hydrogen (secondary N) is 1. The molecular formula is C17H20F2N4O2. The second-order valence-electron chi connectivity index (χ2n) is 5.87. The Morgan fingerprint density at radius 2 is 2.04 bits per heavy atom. The van der Waals surface area contributed by atoms with E-state index in [1.54, 1.807) is 7.05 Å². The summed E-state index contributed by atoms with van der Waals surface area (Å²) in [5.74, 6) is -1.45. The number of carbonyl (C=O) groups is 1. The standard InChI is InChI=1S/C17H20F2N4O2/c1-22-16(13-10-12(18)2-3-14(13)19)11-15(21-22)17(24)20-4-5-23-6-8-25-9-7-23/h2-3,10-11H,4-9H2,1H3,(H,20,24). The molecular weight excluding hydrogens is 330 g/mol. The summed E-state index contributed by atoms with van der Waals surface area (Å²) in [6.07, 6.45) is 0. The van der Waals surface area contributed by atoms with E-state index in [0.29, 0.717) is 25.5 Å². The summed E-state index contributed by atoms with van der Waals surface area (Å²) in [7, 11) is 1.59. The second kappa shape index (κ2) is 7.71. The van der Waals surface area contributed by atoms with Gasteiger partial charge in [0.25, 0.3) is 5.91 Å². The fourth-order valence-corrected chi connectivity index (χ4v) is 2.77. The molecule has 0 spiro atoms. The van der Waals surface area contributed by atoms with Crippen molar-refractivity contribution in [1.29, 1.82) is 0 Å². The lowest BCUT2D eigenvalue weighted by Crippen LogP contribution is -2.41. The summed E-state index contributed by atoms with van der Waals surface area (Å²) in [5, 5.41) is 6.90. The number of carbonyl (C=O) groups excluding carboxylic acids is 1. The summed E-state index contributed by atoms with van der Waals surface area (Å²) in [6.45, 7) is 4.32. The van der Waals surface area contributed by atoms with Gasteiger partial charge in [-0.2, -0.15) is 5.10 Å². The van der Waals surface area contributed by atoms with Crippen LogP contribution in [0.15, 0.2) is 24.3 Å².